The summed E-state index contributed by atoms with van der Waals surface area (Å²) in [6, 6.07) is 12.1. The molecule has 2 fully saturated rings. The minimum absolute atomic E-state index is 0.0293. The van der Waals surface area contributed by atoms with E-state index in [1.54, 1.807) is 19.1 Å². The molecule has 2 aromatic carbocycles. The van der Waals surface area contributed by atoms with Crippen LogP contribution in [0.3, 0.4) is 0 Å². The summed E-state index contributed by atoms with van der Waals surface area (Å²) in [4.78, 5) is 55.1. The van der Waals surface area contributed by atoms with Crippen LogP contribution in [0.25, 0.3) is 0 Å². The first-order valence-corrected chi connectivity index (χ1v) is 13.7. The number of nitrogens with zero attached hydrogens (tertiary/aromatic N) is 1. The van der Waals surface area contributed by atoms with Crippen molar-refractivity contribution in [1.82, 2.24) is 15.5 Å². The number of para-hydroxylation sites is 1. The van der Waals surface area contributed by atoms with E-state index in [4.69, 9.17) is 4.74 Å². The maximum Gasteiger partial charge on any atom is 0.312 e. The molecular formula is C30H37N3O7. The van der Waals surface area contributed by atoms with Crippen molar-refractivity contribution in [2.24, 2.45) is 11.8 Å². The lowest BCUT2D eigenvalue weighted by Crippen LogP contribution is -2.63. The topological polar surface area (TPSA) is 145 Å². The van der Waals surface area contributed by atoms with Gasteiger partial charge in [0.05, 0.1) is 29.7 Å². The van der Waals surface area contributed by atoms with Gasteiger partial charge in [-0.2, -0.15) is 0 Å². The Morgan fingerprint density at radius 1 is 1.05 bits per heavy atom. The molecule has 0 bridgehead atoms. The van der Waals surface area contributed by atoms with Gasteiger partial charge in [-0.1, -0.05) is 48.9 Å². The van der Waals surface area contributed by atoms with Gasteiger partial charge >= 0.3 is 5.97 Å². The Kier molecular flexibility index (Phi) is 9.09. The van der Waals surface area contributed by atoms with Crippen LogP contribution in [0.4, 0.5) is 0 Å². The Balaban J connectivity index is 1.71. The van der Waals surface area contributed by atoms with E-state index in [1.807, 2.05) is 30.3 Å². The molecule has 0 aromatic heterocycles. The summed E-state index contributed by atoms with van der Waals surface area (Å²) < 4.78 is 5.74. The summed E-state index contributed by atoms with van der Waals surface area (Å²) in [6.07, 6.45) is 0.148. The van der Waals surface area contributed by atoms with E-state index in [0.29, 0.717) is 12.8 Å². The number of esters is 1. The first kappa shape index (κ1) is 29.1. The van der Waals surface area contributed by atoms with E-state index in [1.165, 1.54) is 31.0 Å². The quantitative estimate of drug-likeness (QED) is 0.415. The molecule has 6 atom stereocenters. The standard InChI is InChI=1S/C30H37N3O7/c1-17-25(35)22(16-19-10-5-4-6-11-19)31-28(37)24(32-27(36)21-14-7-8-15-23(21)34)18(2)33(3)29(38)26(40-30(17)39)20-12-9-13-20/h4-8,10-11,14-15,17-18,20,22,24-26,34-35H,9,12-13,16H2,1-3H3,(H,31,37)(H,32,36)/t17-,18-,22+,24+,25+,26?/m1/s1. The van der Waals surface area contributed by atoms with Crippen molar-refractivity contribution in [3.63, 3.8) is 0 Å². The molecule has 214 valence electrons. The van der Waals surface area contributed by atoms with Gasteiger partial charge in [0, 0.05) is 13.0 Å². The van der Waals surface area contributed by atoms with E-state index in [-0.39, 0.29) is 23.7 Å². The molecule has 4 rings (SSSR count). The van der Waals surface area contributed by atoms with Crippen molar-refractivity contribution in [1.29, 1.82) is 0 Å². The number of hydrogen-bond donors (Lipinski definition) is 4. The number of benzene rings is 2. The Labute approximate surface area is 233 Å². The zero-order valence-electron chi connectivity index (χ0n) is 22.9. The number of aromatic hydroxyl groups is 1. The predicted octanol–water partition coefficient (Wildman–Crippen LogP) is 1.79. The minimum Gasteiger partial charge on any atom is -0.507 e. The van der Waals surface area contributed by atoms with Gasteiger partial charge in [0.15, 0.2) is 6.10 Å². The zero-order valence-corrected chi connectivity index (χ0v) is 22.9. The van der Waals surface area contributed by atoms with Gasteiger partial charge in [0.2, 0.25) is 5.91 Å². The lowest BCUT2D eigenvalue weighted by molar-refractivity contribution is -0.173. The largest absolute Gasteiger partial charge is 0.507 e. The van der Waals surface area contributed by atoms with Crippen molar-refractivity contribution in [2.45, 2.75) is 69.9 Å². The van der Waals surface area contributed by atoms with Gasteiger partial charge in [-0.25, -0.2) is 0 Å². The summed E-state index contributed by atoms with van der Waals surface area (Å²) in [7, 11) is 1.50. The molecule has 3 amide bonds. The number of rotatable bonds is 5. The van der Waals surface area contributed by atoms with Crippen LogP contribution in [0.1, 0.15) is 49.0 Å². The molecule has 0 radical (unpaired) electrons. The van der Waals surface area contributed by atoms with Crippen LogP contribution in [0.2, 0.25) is 0 Å². The summed E-state index contributed by atoms with van der Waals surface area (Å²) in [5.41, 5.74) is 0.792. The Bertz CT molecular complexity index is 1230. The van der Waals surface area contributed by atoms with Crippen molar-refractivity contribution in [3.8, 4) is 5.75 Å². The number of aliphatic hydroxyl groups is 1. The first-order chi connectivity index (χ1) is 19.1. The SMILES string of the molecule is C[C@@H]1[C@H](NC(=O)c2ccccc2O)C(=O)N[C@@H](Cc2ccccc2)[C@@H](O)[C@@H](C)C(=O)OC(C2CCC2)C(=O)N1C. The number of hydrogen-bond acceptors (Lipinski definition) is 7. The van der Waals surface area contributed by atoms with Crippen LogP contribution in [0.5, 0.6) is 5.75 Å². The second-order valence-electron chi connectivity index (χ2n) is 10.8. The van der Waals surface area contributed by atoms with Gasteiger partial charge in [0.1, 0.15) is 11.8 Å². The third kappa shape index (κ3) is 6.28. The predicted molar refractivity (Wildman–Crippen MR) is 146 cm³/mol. The third-order valence-corrected chi connectivity index (χ3v) is 8.15. The molecule has 4 N–H and O–H groups in total. The average molecular weight is 552 g/mol. The molecule has 10 nitrogen and oxygen atoms in total. The van der Waals surface area contributed by atoms with E-state index in [9.17, 15) is 29.4 Å². The molecule has 1 aliphatic carbocycles. The number of carbonyl (C=O) groups excluding carboxylic acids is 4. The fourth-order valence-electron chi connectivity index (χ4n) is 5.12. The fraction of sp³-hybridized carbons (Fsp3) is 0.467. The van der Waals surface area contributed by atoms with Gasteiger partial charge in [-0.3, -0.25) is 19.2 Å². The molecular weight excluding hydrogens is 514 g/mol. The van der Waals surface area contributed by atoms with Crippen LogP contribution >= 0.6 is 0 Å². The Morgan fingerprint density at radius 2 is 1.70 bits per heavy atom. The van der Waals surface area contributed by atoms with Crippen molar-refractivity contribution in [2.75, 3.05) is 7.05 Å². The number of amides is 3. The number of phenols is 1. The number of phenolic OH excluding ortho intramolecular Hbond substituents is 1. The molecule has 1 saturated heterocycles. The molecule has 1 unspecified atom stereocenters. The van der Waals surface area contributed by atoms with Crippen LogP contribution in [0, 0.1) is 11.8 Å². The zero-order chi connectivity index (χ0) is 29.0. The second-order valence-corrected chi connectivity index (χ2v) is 10.8. The molecule has 10 heteroatoms. The maximum atomic E-state index is 13.8. The number of ether oxygens (including phenoxy) is 1. The van der Waals surface area contributed by atoms with E-state index < -0.39 is 59.9 Å². The smallest absolute Gasteiger partial charge is 0.312 e. The summed E-state index contributed by atoms with van der Waals surface area (Å²) >= 11 is 0. The van der Waals surface area contributed by atoms with Crippen LogP contribution in [-0.4, -0.2) is 76.2 Å². The second kappa shape index (κ2) is 12.5. The van der Waals surface area contributed by atoms with E-state index in [0.717, 1.165) is 12.0 Å². The van der Waals surface area contributed by atoms with Gasteiger partial charge < -0.3 is 30.5 Å². The highest BCUT2D eigenvalue weighted by molar-refractivity contribution is 6.00. The Hall–Kier alpha value is -3.92. The summed E-state index contributed by atoms with van der Waals surface area (Å²) in [5, 5.41) is 27.0. The summed E-state index contributed by atoms with van der Waals surface area (Å²) in [6.45, 7) is 3.12. The lowest BCUT2D eigenvalue weighted by Gasteiger charge is -2.40. The highest BCUT2D eigenvalue weighted by atomic mass is 16.6. The van der Waals surface area contributed by atoms with Gasteiger partial charge in [-0.15, -0.1) is 0 Å². The molecule has 1 saturated carbocycles. The van der Waals surface area contributed by atoms with Crippen molar-refractivity contribution < 1.29 is 34.1 Å². The normalized spacial score (nSPS) is 28.4. The molecule has 40 heavy (non-hydrogen) atoms. The highest BCUT2D eigenvalue weighted by Gasteiger charge is 2.44. The van der Waals surface area contributed by atoms with E-state index in [2.05, 4.69) is 10.6 Å². The molecule has 2 aliphatic rings. The van der Waals surface area contributed by atoms with Crippen LogP contribution in [-0.2, 0) is 25.5 Å². The molecule has 1 aliphatic heterocycles. The van der Waals surface area contributed by atoms with Gasteiger partial charge in [0.25, 0.3) is 11.8 Å². The fourth-order valence-corrected chi connectivity index (χ4v) is 5.12. The average Bonchev–Trinajstić information content (AvgIpc) is 2.92. The molecule has 2 aromatic rings. The molecule has 0 spiro atoms. The van der Waals surface area contributed by atoms with Crippen molar-refractivity contribution in [3.05, 3.63) is 65.7 Å². The van der Waals surface area contributed by atoms with Crippen LogP contribution < -0.4 is 10.6 Å². The highest BCUT2D eigenvalue weighted by Crippen LogP contribution is 2.33. The monoisotopic (exact) mass is 551 g/mol. The van der Waals surface area contributed by atoms with Gasteiger partial charge in [-0.05, 0) is 50.8 Å². The number of cyclic esters (lactones) is 1. The maximum absolute atomic E-state index is 13.8. The van der Waals surface area contributed by atoms with Crippen molar-refractivity contribution >= 4 is 23.7 Å². The van der Waals surface area contributed by atoms with E-state index >= 15 is 0 Å². The third-order valence-electron chi connectivity index (χ3n) is 8.15. The molecule has 1 heterocycles. The lowest BCUT2D eigenvalue weighted by atomic mass is 9.80. The number of likely N-dealkylation sites (N-methyl/N-ethyl adjacent to an activating group) is 1. The number of nitrogens with one attached hydrogen (secondary N) is 2. The minimum atomic E-state index is -1.34. The first-order valence-electron chi connectivity index (χ1n) is 13.7. The Morgan fingerprint density at radius 3 is 2.33 bits per heavy atom. The number of aliphatic hydroxyl groups excluding tert-OH is 1. The van der Waals surface area contributed by atoms with Crippen LogP contribution in [0.15, 0.2) is 54.6 Å². The summed E-state index contributed by atoms with van der Waals surface area (Å²) in [5.74, 6) is -4.00. The number of carbonyl (C=O) groups is 4.